The third-order valence-corrected chi connectivity index (χ3v) is 6.74. The van der Waals surface area contributed by atoms with Crippen molar-refractivity contribution in [2.45, 2.75) is 6.92 Å². The normalized spacial score (nSPS) is 15.3. The Morgan fingerprint density at radius 2 is 1.95 bits per heavy atom. The number of nitrogen functional groups attached to an aromatic ring is 1. The number of aromatic nitrogens is 2. The van der Waals surface area contributed by atoms with Gasteiger partial charge >= 0.3 is 0 Å². The number of carbonyl (C=O) groups excluding carboxylic acids is 1. The number of piperazine rings is 1. The lowest BCUT2D eigenvalue weighted by molar-refractivity contribution is 0.0595. The van der Waals surface area contributed by atoms with E-state index in [1.807, 2.05) is 42.3 Å². The van der Waals surface area contributed by atoms with Crippen LogP contribution in [0.1, 0.15) is 22.8 Å². The first-order valence-corrected chi connectivity index (χ1v) is 12.4. The van der Waals surface area contributed by atoms with Gasteiger partial charge in [-0.2, -0.15) is 0 Å². The molecule has 1 aliphatic heterocycles. The van der Waals surface area contributed by atoms with E-state index in [0.29, 0.717) is 30.9 Å². The predicted octanol–water partition coefficient (Wildman–Crippen LogP) is 4.34. The first kappa shape index (κ1) is 26.2. The van der Waals surface area contributed by atoms with Crippen molar-refractivity contribution in [2.75, 3.05) is 59.3 Å². The van der Waals surface area contributed by atoms with Gasteiger partial charge < -0.3 is 25.1 Å². The maximum absolute atomic E-state index is 13.4. The van der Waals surface area contributed by atoms with Crippen molar-refractivity contribution in [1.29, 1.82) is 0 Å². The molecule has 3 N–H and O–H groups in total. The lowest BCUT2D eigenvalue weighted by Crippen LogP contribution is -2.49. The Kier molecular flexibility index (Phi) is 8.43. The van der Waals surface area contributed by atoms with Crippen LogP contribution in [-0.2, 0) is 9.47 Å². The Morgan fingerprint density at radius 1 is 1.16 bits per heavy atom. The van der Waals surface area contributed by atoms with Gasteiger partial charge in [0, 0.05) is 80.0 Å². The van der Waals surface area contributed by atoms with Crippen LogP contribution in [0.25, 0.3) is 27.7 Å². The highest BCUT2D eigenvalue weighted by molar-refractivity contribution is 6.01. The van der Waals surface area contributed by atoms with Gasteiger partial charge in [-0.1, -0.05) is 24.8 Å². The van der Waals surface area contributed by atoms with E-state index >= 15 is 0 Å². The molecule has 0 bridgehead atoms. The number of anilines is 1. The minimum atomic E-state index is -0.0452. The predicted molar refractivity (Wildman–Crippen MR) is 149 cm³/mol. The van der Waals surface area contributed by atoms with Crippen LogP contribution in [0.5, 0.6) is 0 Å². The first-order chi connectivity index (χ1) is 18.0. The summed E-state index contributed by atoms with van der Waals surface area (Å²) in [6.45, 7) is 10.3. The van der Waals surface area contributed by atoms with E-state index in [9.17, 15) is 4.79 Å². The summed E-state index contributed by atoms with van der Waals surface area (Å²) in [4.78, 5) is 25.5. The quantitative estimate of drug-likeness (QED) is 0.257. The molecule has 0 spiro atoms. The number of aromatic amines is 1. The number of carbonyl (C=O) groups is 1. The smallest absolute Gasteiger partial charge is 0.256 e. The second-order valence-corrected chi connectivity index (χ2v) is 8.92. The molecule has 4 rings (SSSR count). The number of hydrogen-bond acceptors (Lipinski definition) is 6. The fourth-order valence-corrected chi connectivity index (χ4v) is 4.68. The highest BCUT2D eigenvalue weighted by atomic mass is 16.5. The van der Waals surface area contributed by atoms with Crippen molar-refractivity contribution in [2.24, 2.45) is 0 Å². The molecule has 0 unspecified atom stereocenters. The SMILES string of the molecule is C=C/C=C(\C(=C/C)OC)c1c[nH]c2ncc(-c3ccc(N)c(C(=O)N4CCN(CCOC)CC4)c3)cc12. The number of hydrogen-bond donors (Lipinski definition) is 2. The van der Waals surface area contributed by atoms with Crippen LogP contribution in [0.2, 0.25) is 0 Å². The van der Waals surface area contributed by atoms with Crippen LogP contribution in [0.15, 0.2) is 67.2 Å². The maximum atomic E-state index is 13.4. The van der Waals surface area contributed by atoms with Gasteiger partial charge in [0.05, 0.1) is 19.3 Å². The number of benzene rings is 1. The van der Waals surface area contributed by atoms with E-state index in [0.717, 1.165) is 58.7 Å². The Morgan fingerprint density at radius 3 is 2.62 bits per heavy atom. The number of allylic oxidation sites excluding steroid dienone is 4. The number of rotatable bonds is 9. The summed E-state index contributed by atoms with van der Waals surface area (Å²) < 4.78 is 10.8. The van der Waals surface area contributed by atoms with Gasteiger partial charge in [0.25, 0.3) is 5.91 Å². The van der Waals surface area contributed by atoms with Gasteiger partial charge in [-0.25, -0.2) is 4.98 Å². The molecule has 1 saturated heterocycles. The van der Waals surface area contributed by atoms with Crippen LogP contribution >= 0.6 is 0 Å². The van der Waals surface area contributed by atoms with Crippen molar-refractivity contribution in [3.63, 3.8) is 0 Å². The van der Waals surface area contributed by atoms with Gasteiger partial charge in [-0.3, -0.25) is 9.69 Å². The molecule has 8 nitrogen and oxygen atoms in total. The fraction of sp³-hybridized carbons (Fsp3) is 0.310. The summed E-state index contributed by atoms with van der Waals surface area (Å²) in [5, 5.41) is 0.943. The average Bonchev–Trinajstić information content (AvgIpc) is 3.35. The molecule has 8 heteroatoms. The monoisotopic (exact) mass is 501 g/mol. The molecule has 194 valence electrons. The zero-order chi connectivity index (χ0) is 26.4. The minimum Gasteiger partial charge on any atom is -0.496 e. The number of nitrogens with two attached hydrogens (primary N) is 1. The summed E-state index contributed by atoms with van der Waals surface area (Å²) in [6.07, 6.45) is 9.30. The highest BCUT2D eigenvalue weighted by Gasteiger charge is 2.24. The molecule has 0 saturated carbocycles. The zero-order valence-corrected chi connectivity index (χ0v) is 21.8. The van der Waals surface area contributed by atoms with Crippen LogP contribution in [0.4, 0.5) is 5.69 Å². The lowest BCUT2D eigenvalue weighted by Gasteiger charge is -2.34. The van der Waals surface area contributed by atoms with Crippen LogP contribution in [0, 0.1) is 0 Å². The molecule has 0 aliphatic carbocycles. The molecule has 1 aromatic carbocycles. The van der Waals surface area contributed by atoms with E-state index in [-0.39, 0.29) is 5.91 Å². The average molecular weight is 502 g/mol. The molecule has 1 aliphatic rings. The molecule has 3 aromatic rings. The lowest BCUT2D eigenvalue weighted by atomic mass is 9.99. The third-order valence-electron chi connectivity index (χ3n) is 6.74. The molecular formula is C29H35N5O3. The standard InChI is InChI=1S/C29H35N5O3/c1-5-7-22(27(6-2)37-4)25-19-32-28-23(25)17-21(18-31-28)20-8-9-26(30)24(16-20)29(35)34-12-10-33(11-13-34)14-15-36-3/h5-9,16-19H,1,10-15,30H2,2-4H3,(H,31,32)/b22-7-,27-6+. The molecule has 1 amide bonds. The Labute approximate surface area is 218 Å². The summed E-state index contributed by atoms with van der Waals surface area (Å²) in [5.74, 6) is 0.699. The van der Waals surface area contributed by atoms with Crippen molar-refractivity contribution in [1.82, 2.24) is 19.8 Å². The number of amides is 1. The number of ether oxygens (including phenoxy) is 2. The van der Waals surface area contributed by atoms with Crippen molar-refractivity contribution < 1.29 is 14.3 Å². The first-order valence-electron chi connectivity index (χ1n) is 12.4. The third kappa shape index (κ3) is 5.60. The topological polar surface area (TPSA) is 96.7 Å². The number of nitrogens with zero attached hydrogens (tertiary/aromatic N) is 3. The number of methoxy groups -OCH3 is 2. The van der Waals surface area contributed by atoms with Crippen LogP contribution in [-0.4, -0.2) is 79.2 Å². The van der Waals surface area contributed by atoms with Crippen LogP contribution < -0.4 is 5.73 Å². The van der Waals surface area contributed by atoms with Crippen LogP contribution in [0.3, 0.4) is 0 Å². The maximum Gasteiger partial charge on any atom is 0.256 e. The van der Waals surface area contributed by atoms with Gasteiger partial charge in [0.2, 0.25) is 0 Å². The molecular weight excluding hydrogens is 466 g/mol. The second kappa shape index (κ2) is 11.9. The van der Waals surface area contributed by atoms with Crippen molar-refractivity contribution in [3.8, 4) is 11.1 Å². The fourth-order valence-electron chi connectivity index (χ4n) is 4.68. The zero-order valence-electron chi connectivity index (χ0n) is 21.8. The van der Waals surface area contributed by atoms with E-state index in [1.165, 1.54) is 0 Å². The molecule has 2 aromatic heterocycles. The van der Waals surface area contributed by atoms with E-state index < -0.39 is 0 Å². The number of fused-ring (bicyclic) bond motifs is 1. The van der Waals surface area contributed by atoms with Gasteiger partial charge in [-0.15, -0.1) is 0 Å². The van der Waals surface area contributed by atoms with Gasteiger partial charge in [-0.05, 0) is 36.8 Å². The molecule has 0 atom stereocenters. The molecule has 0 radical (unpaired) electrons. The van der Waals surface area contributed by atoms with Gasteiger partial charge in [0.1, 0.15) is 11.4 Å². The highest BCUT2D eigenvalue weighted by Crippen LogP contribution is 2.33. The number of H-pyrrole nitrogens is 1. The van der Waals surface area contributed by atoms with E-state index in [2.05, 4.69) is 27.5 Å². The summed E-state index contributed by atoms with van der Waals surface area (Å²) >= 11 is 0. The summed E-state index contributed by atoms with van der Waals surface area (Å²) in [7, 11) is 3.35. The number of pyridine rings is 1. The Hall–Kier alpha value is -3.88. The summed E-state index contributed by atoms with van der Waals surface area (Å²) in [6, 6.07) is 7.67. The Bertz CT molecular complexity index is 1330. The van der Waals surface area contributed by atoms with Crippen molar-refractivity contribution in [3.05, 3.63) is 78.4 Å². The Balaban J connectivity index is 1.64. The molecule has 1 fully saturated rings. The van der Waals surface area contributed by atoms with E-state index in [4.69, 9.17) is 15.2 Å². The van der Waals surface area contributed by atoms with E-state index in [1.54, 1.807) is 32.6 Å². The second-order valence-electron chi connectivity index (χ2n) is 8.92. The largest absolute Gasteiger partial charge is 0.496 e. The minimum absolute atomic E-state index is 0.0452. The number of nitrogens with one attached hydrogen (secondary N) is 1. The molecule has 3 heterocycles. The van der Waals surface area contributed by atoms with Crippen molar-refractivity contribution >= 4 is 28.2 Å². The summed E-state index contributed by atoms with van der Waals surface area (Å²) in [5.41, 5.74) is 11.7. The van der Waals surface area contributed by atoms with Gasteiger partial charge in [0.15, 0.2) is 0 Å². The molecule has 37 heavy (non-hydrogen) atoms.